The van der Waals surface area contributed by atoms with Gasteiger partial charge in [-0.3, -0.25) is 4.79 Å². The molecule has 0 aliphatic carbocycles. The van der Waals surface area contributed by atoms with Crippen molar-refractivity contribution >= 4 is 61.8 Å². The fraction of sp³-hybridized carbons (Fsp3) is 0.0800. The summed E-state index contributed by atoms with van der Waals surface area (Å²) >= 11 is 11.0. The first-order chi connectivity index (χ1) is 16.4. The van der Waals surface area contributed by atoms with E-state index in [0.717, 1.165) is 22.1 Å². The van der Waals surface area contributed by atoms with E-state index in [1.54, 1.807) is 31.4 Å². The first-order valence-electron chi connectivity index (χ1n) is 10.2. The molecule has 6 nitrogen and oxygen atoms in total. The molecule has 4 rings (SSSR count). The highest BCUT2D eigenvalue weighted by Crippen LogP contribution is 2.31. The largest absolute Gasteiger partial charge is 0.495 e. The van der Waals surface area contributed by atoms with E-state index in [2.05, 4.69) is 55.8 Å². The average molecular weight is 556 g/mol. The monoisotopic (exact) mass is 554 g/mol. The Labute approximate surface area is 214 Å². The predicted octanol–water partition coefficient (Wildman–Crippen LogP) is 7.05. The van der Waals surface area contributed by atoms with Crippen LogP contribution in [-0.4, -0.2) is 24.2 Å². The number of aryl methyl sites for hydroxylation is 1. The SMILES string of the molecule is COc1c(Br)cc(Cl)cc1/C=N\NC(=O)c1ccc(-c2csc(Nc3ccc(C)cc3)n2)cc1. The van der Waals surface area contributed by atoms with Crippen molar-refractivity contribution in [3.8, 4) is 17.0 Å². The van der Waals surface area contributed by atoms with Crippen molar-refractivity contribution in [1.82, 2.24) is 10.4 Å². The Kier molecular flexibility index (Phi) is 7.62. The fourth-order valence-electron chi connectivity index (χ4n) is 3.13. The molecule has 172 valence electrons. The summed E-state index contributed by atoms with van der Waals surface area (Å²) in [6.07, 6.45) is 1.49. The highest BCUT2D eigenvalue weighted by atomic mass is 79.9. The van der Waals surface area contributed by atoms with Crippen LogP contribution >= 0.6 is 38.9 Å². The third-order valence-corrected chi connectivity index (χ3v) is 6.43. The summed E-state index contributed by atoms with van der Waals surface area (Å²) in [7, 11) is 1.55. The molecule has 0 aliphatic heterocycles. The van der Waals surface area contributed by atoms with Gasteiger partial charge in [0.1, 0.15) is 5.75 Å². The van der Waals surface area contributed by atoms with E-state index < -0.39 is 0 Å². The first kappa shape index (κ1) is 23.9. The van der Waals surface area contributed by atoms with Crippen LogP contribution in [0.15, 0.2) is 75.6 Å². The Morgan fingerprint density at radius 1 is 1.15 bits per heavy atom. The summed E-state index contributed by atoms with van der Waals surface area (Å²) < 4.78 is 6.05. The van der Waals surface area contributed by atoms with Crippen LogP contribution in [0.3, 0.4) is 0 Å². The van der Waals surface area contributed by atoms with Crippen LogP contribution in [0.5, 0.6) is 5.75 Å². The number of ether oxygens (including phenoxy) is 1. The normalized spacial score (nSPS) is 10.9. The lowest BCUT2D eigenvalue weighted by atomic mass is 10.1. The molecule has 0 saturated heterocycles. The van der Waals surface area contributed by atoms with Gasteiger partial charge in [0.25, 0.3) is 5.91 Å². The lowest BCUT2D eigenvalue weighted by Crippen LogP contribution is -2.17. The van der Waals surface area contributed by atoms with Crippen LogP contribution in [0.1, 0.15) is 21.5 Å². The Hall–Kier alpha value is -3.20. The Bertz CT molecular complexity index is 1340. The number of benzene rings is 3. The maximum absolute atomic E-state index is 12.5. The quantitative estimate of drug-likeness (QED) is 0.189. The molecule has 1 aromatic heterocycles. The van der Waals surface area contributed by atoms with E-state index >= 15 is 0 Å². The van der Waals surface area contributed by atoms with Gasteiger partial charge in [0, 0.05) is 32.8 Å². The number of methoxy groups -OCH3 is 1. The van der Waals surface area contributed by atoms with Crippen molar-refractivity contribution in [1.29, 1.82) is 0 Å². The molecule has 0 saturated carbocycles. The second-order valence-corrected chi connectivity index (χ2v) is 9.46. The number of anilines is 2. The van der Waals surface area contributed by atoms with Gasteiger partial charge in [-0.05, 0) is 59.3 Å². The van der Waals surface area contributed by atoms with E-state index in [0.29, 0.717) is 26.4 Å². The summed E-state index contributed by atoms with van der Waals surface area (Å²) in [6.45, 7) is 2.05. The standard InChI is InChI=1S/C25H20BrClN4O2S/c1-15-3-9-20(10-4-15)29-25-30-22(14-34-25)16-5-7-17(8-6-16)24(32)31-28-13-18-11-19(27)12-21(26)23(18)33-2/h3-14H,1-2H3,(H,29,30)(H,31,32)/b28-13-. The molecule has 4 aromatic rings. The van der Waals surface area contributed by atoms with Gasteiger partial charge in [-0.15, -0.1) is 11.3 Å². The van der Waals surface area contributed by atoms with Crippen LogP contribution in [0.25, 0.3) is 11.3 Å². The van der Waals surface area contributed by atoms with Gasteiger partial charge in [-0.2, -0.15) is 5.10 Å². The number of carbonyl (C=O) groups is 1. The van der Waals surface area contributed by atoms with Crippen molar-refractivity contribution in [3.63, 3.8) is 0 Å². The van der Waals surface area contributed by atoms with Gasteiger partial charge >= 0.3 is 0 Å². The van der Waals surface area contributed by atoms with E-state index in [1.165, 1.54) is 23.1 Å². The maximum Gasteiger partial charge on any atom is 0.271 e. The first-order valence-corrected chi connectivity index (χ1v) is 12.2. The van der Waals surface area contributed by atoms with Crippen LogP contribution < -0.4 is 15.5 Å². The van der Waals surface area contributed by atoms with E-state index in [9.17, 15) is 4.79 Å². The summed E-state index contributed by atoms with van der Waals surface area (Å²) in [5.41, 5.74) is 7.59. The number of hydrogen-bond acceptors (Lipinski definition) is 6. The van der Waals surface area contributed by atoms with E-state index in [1.807, 2.05) is 29.6 Å². The second kappa shape index (κ2) is 10.8. The highest BCUT2D eigenvalue weighted by molar-refractivity contribution is 9.10. The minimum atomic E-state index is -0.331. The number of halogens is 2. The lowest BCUT2D eigenvalue weighted by molar-refractivity contribution is 0.0955. The van der Waals surface area contributed by atoms with Gasteiger partial charge in [-0.25, -0.2) is 10.4 Å². The average Bonchev–Trinajstić information content (AvgIpc) is 3.29. The van der Waals surface area contributed by atoms with Crippen LogP contribution in [0.2, 0.25) is 5.02 Å². The zero-order valence-electron chi connectivity index (χ0n) is 18.3. The molecule has 34 heavy (non-hydrogen) atoms. The van der Waals surface area contributed by atoms with Crippen LogP contribution in [0, 0.1) is 6.92 Å². The summed E-state index contributed by atoms with van der Waals surface area (Å²) in [5.74, 6) is 0.245. The molecule has 1 amide bonds. The molecule has 9 heteroatoms. The number of nitrogens with one attached hydrogen (secondary N) is 2. The molecule has 0 aliphatic rings. The minimum Gasteiger partial charge on any atom is -0.495 e. The molecule has 0 radical (unpaired) electrons. The number of hydrogen-bond donors (Lipinski definition) is 2. The van der Waals surface area contributed by atoms with Gasteiger partial charge < -0.3 is 10.1 Å². The van der Waals surface area contributed by atoms with Gasteiger partial charge in [0.2, 0.25) is 0 Å². The fourth-order valence-corrected chi connectivity index (χ4v) is 4.87. The number of hydrazone groups is 1. The van der Waals surface area contributed by atoms with Crippen molar-refractivity contribution in [3.05, 3.63) is 92.2 Å². The highest BCUT2D eigenvalue weighted by Gasteiger charge is 2.10. The van der Waals surface area contributed by atoms with Crippen LogP contribution in [-0.2, 0) is 0 Å². The molecule has 3 aromatic carbocycles. The number of amides is 1. The second-order valence-electron chi connectivity index (χ2n) is 7.32. The Morgan fingerprint density at radius 2 is 1.88 bits per heavy atom. The van der Waals surface area contributed by atoms with Crippen molar-refractivity contribution in [2.75, 3.05) is 12.4 Å². The molecular formula is C25H20BrClN4O2S. The number of nitrogens with zero attached hydrogens (tertiary/aromatic N) is 2. The predicted molar refractivity (Wildman–Crippen MR) is 143 cm³/mol. The van der Waals surface area contributed by atoms with E-state index in [4.69, 9.17) is 16.3 Å². The summed E-state index contributed by atoms with van der Waals surface area (Å²) in [5, 5.41) is 10.7. The van der Waals surface area contributed by atoms with Crippen LogP contribution in [0.4, 0.5) is 10.8 Å². The number of aromatic nitrogens is 1. The third-order valence-electron chi connectivity index (χ3n) is 4.86. The number of carbonyl (C=O) groups excluding carboxylic acids is 1. The summed E-state index contributed by atoms with van der Waals surface area (Å²) in [6, 6.07) is 18.8. The van der Waals surface area contributed by atoms with Crippen molar-refractivity contribution in [2.45, 2.75) is 6.92 Å². The van der Waals surface area contributed by atoms with Gasteiger partial charge in [-0.1, -0.05) is 41.4 Å². The zero-order valence-corrected chi connectivity index (χ0v) is 21.5. The zero-order chi connectivity index (χ0) is 24.1. The van der Waals surface area contributed by atoms with E-state index in [-0.39, 0.29) is 5.91 Å². The number of rotatable bonds is 7. The molecule has 0 bridgehead atoms. The summed E-state index contributed by atoms with van der Waals surface area (Å²) in [4.78, 5) is 17.1. The Morgan fingerprint density at radius 3 is 2.59 bits per heavy atom. The molecule has 1 heterocycles. The van der Waals surface area contributed by atoms with Crippen molar-refractivity contribution in [2.24, 2.45) is 5.10 Å². The maximum atomic E-state index is 12.5. The lowest BCUT2D eigenvalue weighted by Gasteiger charge is -2.07. The smallest absolute Gasteiger partial charge is 0.271 e. The number of thiazole rings is 1. The molecule has 0 fully saturated rings. The van der Waals surface area contributed by atoms with Gasteiger partial charge in [0.15, 0.2) is 5.13 Å². The third kappa shape index (κ3) is 5.83. The Balaban J connectivity index is 1.40. The minimum absolute atomic E-state index is 0.331. The molecule has 0 spiro atoms. The van der Waals surface area contributed by atoms with Gasteiger partial charge in [0.05, 0.1) is 23.5 Å². The molecule has 2 N–H and O–H groups in total. The molecular weight excluding hydrogens is 536 g/mol. The topological polar surface area (TPSA) is 75.6 Å². The molecule has 0 unspecified atom stereocenters. The molecule has 0 atom stereocenters. The van der Waals surface area contributed by atoms with Crippen molar-refractivity contribution < 1.29 is 9.53 Å².